The maximum atomic E-state index is 2.43. The maximum absolute atomic E-state index is 2.43. The van der Waals surface area contributed by atoms with Crippen molar-refractivity contribution in [2.24, 2.45) is 0 Å². The Kier molecular flexibility index (Phi) is 7.81. The Balaban J connectivity index is 3.56. The molecule has 0 saturated heterocycles. The zero-order chi connectivity index (χ0) is 10.2. The fourth-order valence-corrected chi connectivity index (χ4v) is 10.6. The Morgan fingerprint density at radius 1 is 0.615 bits per heavy atom. The van der Waals surface area contributed by atoms with Gasteiger partial charge in [-0.25, -0.2) is 0 Å². The van der Waals surface area contributed by atoms with E-state index in [0.29, 0.717) is 0 Å². The van der Waals surface area contributed by atoms with E-state index in [1.807, 2.05) is 0 Å². The molecule has 0 bridgehead atoms. The van der Waals surface area contributed by atoms with Crippen molar-refractivity contribution in [3.8, 4) is 0 Å². The molecular weight excluding hydrogens is 866 g/mol. The van der Waals surface area contributed by atoms with Crippen LogP contribution in [0.5, 0.6) is 0 Å². The van der Waals surface area contributed by atoms with E-state index in [0.717, 1.165) is 0 Å². The van der Waals surface area contributed by atoms with Crippen LogP contribution in [0.4, 0.5) is 0 Å². The van der Waals surface area contributed by atoms with Crippen LogP contribution in [0.25, 0.3) is 0 Å². The standard InChI is InChI=1S/C6I6S/c7-1-2(8)4(10)6(13-12)5(11)3(1)9. The molecule has 0 heterocycles. The lowest BCUT2D eigenvalue weighted by Crippen LogP contribution is -1.97. The van der Waals surface area contributed by atoms with Crippen LogP contribution in [0.3, 0.4) is 0 Å². The van der Waals surface area contributed by atoms with Crippen LogP contribution >= 0.6 is 143 Å². The molecule has 0 amide bonds. The van der Waals surface area contributed by atoms with Gasteiger partial charge >= 0.3 is 0 Å². The molecular formula is C6I6S. The van der Waals surface area contributed by atoms with Gasteiger partial charge in [0.1, 0.15) is 0 Å². The van der Waals surface area contributed by atoms with Gasteiger partial charge in [-0.2, -0.15) is 0 Å². The number of benzene rings is 1. The smallest absolute Gasteiger partial charge is 0.0468 e. The second-order valence-corrected chi connectivity index (χ2v) is 9.25. The first kappa shape index (κ1) is 15.0. The molecule has 7 heteroatoms. The molecule has 0 nitrogen and oxygen atoms in total. The van der Waals surface area contributed by atoms with Crippen LogP contribution in [0.2, 0.25) is 0 Å². The first-order valence-electron chi connectivity index (χ1n) is 2.80. The van der Waals surface area contributed by atoms with Gasteiger partial charge < -0.3 is 0 Å². The third kappa shape index (κ3) is 3.46. The van der Waals surface area contributed by atoms with Crippen LogP contribution in [0, 0.1) is 17.9 Å². The largest absolute Gasteiger partial charge is 0.0507 e. The molecule has 0 unspecified atom stereocenters. The van der Waals surface area contributed by atoms with Crippen LogP contribution in [-0.4, -0.2) is 0 Å². The predicted octanol–water partition coefficient (Wildman–Crippen LogP) is 6.15. The highest BCUT2D eigenvalue weighted by Gasteiger charge is 2.16. The minimum atomic E-state index is 1.38. The van der Waals surface area contributed by atoms with Crippen molar-refractivity contribution in [3.05, 3.63) is 17.9 Å². The fourth-order valence-electron chi connectivity index (χ4n) is 0.652. The molecule has 0 radical (unpaired) electrons. The van der Waals surface area contributed by atoms with Gasteiger partial charge in [-0.3, -0.25) is 0 Å². The van der Waals surface area contributed by atoms with Gasteiger partial charge in [-0.05, 0) is 113 Å². The zero-order valence-electron chi connectivity index (χ0n) is 5.68. The number of rotatable bonds is 1. The topological polar surface area (TPSA) is 0 Å². The molecule has 13 heavy (non-hydrogen) atoms. The SMILES string of the molecule is ISc1c(I)c(I)c(I)c(I)c1I. The Hall–Kier alpha value is 3.95. The normalized spacial score (nSPS) is 10.6. The summed E-state index contributed by atoms with van der Waals surface area (Å²) < 4.78 is 6.89. The highest BCUT2D eigenvalue weighted by atomic mass is 127. The third-order valence-corrected chi connectivity index (χ3v) is 13.4. The molecule has 1 rings (SSSR count). The van der Waals surface area contributed by atoms with E-state index in [4.69, 9.17) is 0 Å². The van der Waals surface area contributed by atoms with Crippen molar-refractivity contribution in [2.75, 3.05) is 0 Å². The summed E-state index contributed by atoms with van der Waals surface area (Å²) >= 11 is 14.5. The van der Waals surface area contributed by atoms with Crippen molar-refractivity contribution in [1.82, 2.24) is 0 Å². The zero-order valence-corrected chi connectivity index (χ0v) is 19.4. The molecule has 1 aromatic rings. The molecule has 0 spiro atoms. The lowest BCUT2D eigenvalue weighted by Gasteiger charge is -2.10. The van der Waals surface area contributed by atoms with Gasteiger partial charge in [0.25, 0.3) is 0 Å². The minimum absolute atomic E-state index is 1.38. The lowest BCUT2D eigenvalue weighted by atomic mass is 10.4. The van der Waals surface area contributed by atoms with E-state index in [1.54, 1.807) is 8.93 Å². The molecule has 0 aliphatic carbocycles. The van der Waals surface area contributed by atoms with Gasteiger partial charge in [0, 0.05) is 44.0 Å². The molecule has 1 aromatic carbocycles. The first-order valence-corrected chi connectivity index (χ1v) is 11.6. The second kappa shape index (κ2) is 6.77. The molecule has 0 saturated carbocycles. The summed E-state index contributed by atoms with van der Waals surface area (Å²) in [5, 5.41) is 0. The van der Waals surface area contributed by atoms with Crippen LogP contribution in [0.15, 0.2) is 4.90 Å². The molecule has 0 fully saturated rings. The highest BCUT2D eigenvalue weighted by molar-refractivity contribution is 14.2. The van der Waals surface area contributed by atoms with Gasteiger partial charge in [0.2, 0.25) is 0 Å². The van der Waals surface area contributed by atoms with Gasteiger partial charge in [-0.15, -0.1) is 0 Å². The van der Waals surface area contributed by atoms with Crippen molar-refractivity contribution >= 4 is 143 Å². The highest BCUT2D eigenvalue weighted by Crippen LogP contribution is 2.40. The van der Waals surface area contributed by atoms with Crippen LogP contribution in [0.1, 0.15) is 0 Å². The summed E-state index contributed by atoms with van der Waals surface area (Å²) in [4.78, 5) is 1.40. The van der Waals surface area contributed by atoms with Crippen molar-refractivity contribution in [2.45, 2.75) is 4.90 Å². The Morgan fingerprint density at radius 2 is 0.923 bits per heavy atom. The van der Waals surface area contributed by atoms with E-state index in [9.17, 15) is 0 Å². The summed E-state index contributed by atoms with van der Waals surface area (Å²) in [5.41, 5.74) is 0. The Morgan fingerprint density at radius 3 is 1.23 bits per heavy atom. The minimum Gasteiger partial charge on any atom is -0.0507 e. The monoisotopic (exact) mass is 865 g/mol. The van der Waals surface area contributed by atoms with Gasteiger partial charge in [-0.1, -0.05) is 8.93 Å². The van der Waals surface area contributed by atoms with E-state index in [2.05, 4.69) is 134 Å². The maximum Gasteiger partial charge on any atom is 0.0468 e. The van der Waals surface area contributed by atoms with Gasteiger partial charge in [0.15, 0.2) is 0 Å². The first-order chi connectivity index (χ1) is 6.00. The predicted molar refractivity (Wildman–Crippen MR) is 110 cm³/mol. The van der Waals surface area contributed by atoms with E-state index < -0.39 is 0 Å². The molecule has 0 atom stereocenters. The summed E-state index contributed by atoms with van der Waals surface area (Å²) in [6, 6.07) is 0. The number of hydrogen-bond acceptors (Lipinski definition) is 1. The van der Waals surface area contributed by atoms with Crippen LogP contribution < -0.4 is 0 Å². The molecule has 72 valence electrons. The van der Waals surface area contributed by atoms with Crippen molar-refractivity contribution < 1.29 is 0 Å². The average molecular weight is 866 g/mol. The summed E-state index contributed by atoms with van der Waals surface area (Å²) in [5.74, 6) is 0. The van der Waals surface area contributed by atoms with E-state index in [1.165, 1.54) is 22.7 Å². The third-order valence-electron chi connectivity index (χ3n) is 1.25. The Labute approximate surface area is 162 Å². The number of hydrogen-bond donors (Lipinski definition) is 0. The van der Waals surface area contributed by atoms with Crippen molar-refractivity contribution in [3.63, 3.8) is 0 Å². The quantitative estimate of drug-likeness (QED) is 0.186. The van der Waals surface area contributed by atoms with Crippen LogP contribution in [-0.2, 0) is 0 Å². The van der Waals surface area contributed by atoms with E-state index in [-0.39, 0.29) is 0 Å². The molecule has 0 aliphatic heterocycles. The van der Waals surface area contributed by atoms with Gasteiger partial charge in [0.05, 0.1) is 0 Å². The number of halogens is 6. The Bertz CT molecular complexity index is 320. The molecule has 0 aromatic heterocycles. The fraction of sp³-hybridized carbons (Fsp3) is 0. The summed E-state index contributed by atoms with van der Waals surface area (Å²) in [7, 11) is 1.80. The summed E-state index contributed by atoms with van der Waals surface area (Å²) in [6.45, 7) is 0. The van der Waals surface area contributed by atoms with E-state index >= 15 is 0 Å². The lowest BCUT2D eigenvalue weighted by molar-refractivity contribution is 1.28. The summed E-state index contributed by atoms with van der Waals surface area (Å²) in [6.07, 6.45) is 0. The average Bonchev–Trinajstić information content (AvgIpc) is 2.13. The second-order valence-electron chi connectivity index (χ2n) is 1.98. The molecule has 0 N–H and O–H groups in total. The molecule has 0 aliphatic rings. The van der Waals surface area contributed by atoms with Crippen molar-refractivity contribution in [1.29, 1.82) is 0 Å².